The van der Waals surface area contributed by atoms with E-state index >= 15 is 0 Å². The van der Waals surface area contributed by atoms with E-state index in [9.17, 15) is 9.59 Å². The molecule has 1 fully saturated rings. The summed E-state index contributed by atoms with van der Waals surface area (Å²) in [5.41, 5.74) is 0.644. The van der Waals surface area contributed by atoms with Crippen molar-refractivity contribution in [1.82, 2.24) is 10.2 Å². The van der Waals surface area contributed by atoms with Gasteiger partial charge in [0.1, 0.15) is 0 Å². The summed E-state index contributed by atoms with van der Waals surface area (Å²) in [6.45, 7) is 7.67. The molecule has 0 aromatic rings. The predicted octanol–water partition coefficient (Wildman–Crippen LogP) is 1.31. The summed E-state index contributed by atoms with van der Waals surface area (Å²) in [6.07, 6.45) is 3.03. The van der Waals surface area contributed by atoms with Crippen LogP contribution in [0.1, 0.15) is 33.1 Å². The second-order valence-corrected chi connectivity index (χ2v) is 5.29. The molecule has 0 atom stereocenters. The Morgan fingerprint density at radius 1 is 1.44 bits per heavy atom. The average molecular weight is 251 g/mol. The molecule has 0 unspecified atom stereocenters. The fraction of sp³-hybridized carbons (Fsp3) is 0.615. The number of hydrogen-bond donors (Lipinski definition) is 1. The van der Waals surface area contributed by atoms with E-state index < -0.39 is 0 Å². The number of likely N-dealkylation sites (tertiary alicyclic amines) is 1. The van der Waals surface area contributed by atoms with E-state index in [2.05, 4.69) is 17.0 Å². The molecule has 1 saturated heterocycles. The molecule has 5 nitrogen and oxygen atoms in total. The zero-order chi connectivity index (χ0) is 13.8. The SMILES string of the molecule is C=N/C=C(/CCN1C(=O)CC(C)(C)CC1=O)NC. The van der Waals surface area contributed by atoms with Crippen LogP contribution in [0.4, 0.5) is 0 Å². The maximum absolute atomic E-state index is 11.9. The molecule has 1 aliphatic heterocycles. The van der Waals surface area contributed by atoms with Gasteiger partial charge >= 0.3 is 0 Å². The lowest BCUT2D eigenvalue weighted by atomic mass is 9.82. The lowest BCUT2D eigenvalue weighted by molar-refractivity contribution is -0.152. The minimum absolute atomic E-state index is 0.0849. The van der Waals surface area contributed by atoms with Gasteiger partial charge in [0, 0.05) is 44.8 Å². The highest BCUT2D eigenvalue weighted by Crippen LogP contribution is 2.31. The third-order valence-electron chi connectivity index (χ3n) is 3.03. The Morgan fingerprint density at radius 3 is 2.44 bits per heavy atom. The van der Waals surface area contributed by atoms with Gasteiger partial charge in [-0.15, -0.1) is 0 Å². The van der Waals surface area contributed by atoms with Crippen molar-refractivity contribution in [3.8, 4) is 0 Å². The van der Waals surface area contributed by atoms with Crippen LogP contribution in [-0.4, -0.2) is 37.0 Å². The summed E-state index contributed by atoms with van der Waals surface area (Å²) >= 11 is 0. The number of carbonyl (C=O) groups is 2. The van der Waals surface area contributed by atoms with Gasteiger partial charge in [-0.05, 0) is 12.1 Å². The monoisotopic (exact) mass is 251 g/mol. The minimum Gasteiger partial charge on any atom is -0.390 e. The van der Waals surface area contributed by atoms with Gasteiger partial charge in [-0.1, -0.05) is 13.8 Å². The Balaban J connectivity index is 2.63. The Morgan fingerprint density at radius 2 is 2.00 bits per heavy atom. The molecule has 0 aliphatic carbocycles. The number of amides is 2. The van der Waals surface area contributed by atoms with Crippen LogP contribution in [0.5, 0.6) is 0 Å². The molecule has 0 aromatic carbocycles. The van der Waals surface area contributed by atoms with Crippen molar-refractivity contribution < 1.29 is 9.59 Å². The number of piperidine rings is 1. The van der Waals surface area contributed by atoms with E-state index in [1.807, 2.05) is 13.8 Å². The Hall–Kier alpha value is -1.65. The smallest absolute Gasteiger partial charge is 0.229 e. The number of aliphatic imine (C=N–C) groups is 1. The Kier molecular flexibility index (Phi) is 4.64. The topological polar surface area (TPSA) is 61.8 Å². The maximum Gasteiger partial charge on any atom is 0.229 e. The number of rotatable bonds is 5. The van der Waals surface area contributed by atoms with Crippen LogP contribution in [0.15, 0.2) is 16.9 Å². The van der Waals surface area contributed by atoms with E-state index in [1.54, 1.807) is 13.2 Å². The van der Waals surface area contributed by atoms with Gasteiger partial charge in [0.15, 0.2) is 0 Å². The first-order valence-corrected chi connectivity index (χ1v) is 6.05. The first-order chi connectivity index (χ1) is 8.39. The summed E-state index contributed by atoms with van der Waals surface area (Å²) in [6, 6.07) is 0. The van der Waals surface area contributed by atoms with Crippen LogP contribution in [0.2, 0.25) is 0 Å². The quantitative estimate of drug-likeness (QED) is 0.592. The Labute approximate surface area is 108 Å². The van der Waals surface area contributed by atoms with E-state index in [4.69, 9.17) is 0 Å². The van der Waals surface area contributed by atoms with Gasteiger partial charge in [0.25, 0.3) is 0 Å². The van der Waals surface area contributed by atoms with E-state index in [0.29, 0.717) is 25.8 Å². The third kappa shape index (κ3) is 3.68. The van der Waals surface area contributed by atoms with Crippen LogP contribution in [0.3, 0.4) is 0 Å². The van der Waals surface area contributed by atoms with Crippen LogP contribution in [-0.2, 0) is 9.59 Å². The van der Waals surface area contributed by atoms with Crippen molar-refractivity contribution in [2.45, 2.75) is 33.1 Å². The van der Waals surface area contributed by atoms with Crippen LogP contribution >= 0.6 is 0 Å². The zero-order valence-electron chi connectivity index (χ0n) is 11.3. The lowest BCUT2D eigenvalue weighted by Gasteiger charge is -2.34. The first-order valence-electron chi connectivity index (χ1n) is 6.05. The number of imide groups is 1. The van der Waals surface area contributed by atoms with Gasteiger partial charge < -0.3 is 5.32 Å². The van der Waals surface area contributed by atoms with Crippen molar-refractivity contribution in [1.29, 1.82) is 0 Å². The average Bonchev–Trinajstić information content (AvgIpc) is 2.24. The van der Waals surface area contributed by atoms with Gasteiger partial charge in [-0.2, -0.15) is 0 Å². The molecule has 1 heterocycles. The largest absolute Gasteiger partial charge is 0.390 e. The third-order valence-corrected chi connectivity index (χ3v) is 3.03. The van der Waals surface area contributed by atoms with E-state index in [-0.39, 0.29) is 17.2 Å². The fourth-order valence-corrected chi connectivity index (χ4v) is 2.06. The summed E-state index contributed by atoms with van der Waals surface area (Å²) in [5.74, 6) is -0.170. The lowest BCUT2D eigenvalue weighted by Crippen LogP contribution is -2.46. The minimum atomic E-state index is -0.213. The molecule has 0 radical (unpaired) electrons. The number of nitrogens with one attached hydrogen (secondary N) is 1. The predicted molar refractivity (Wildman–Crippen MR) is 71.0 cm³/mol. The molecule has 2 amide bonds. The highest BCUT2D eigenvalue weighted by atomic mass is 16.2. The van der Waals surface area contributed by atoms with Crippen molar-refractivity contribution >= 4 is 18.5 Å². The number of nitrogens with zero attached hydrogens (tertiary/aromatic N) is 2. The van der Waals surface area contributed by atoms with Crippen molar-refractivity contribution in [2.24, 2.45) is 10.4 Å². The molecule has 5 heteroatoms. The Bertz CT molecular complexity index is 366. The number of hydrogen-bond acceptors (Lipinski definition) is 4. The van der Waals surface area contributed by atoms with Gasteiger partial charge in [-0.25, -0.2) is 0 Å². The van der Waals surface area contributed by atoms with Gasteiger partial charge in [-0.3, -0.25) is 19.5 Å². The molecule has 100 valence electrons. The molecular formula is C13H21N3O2. The molecule has 18 heavy (non-hydrogen) atoms. The van der Waals surface area contributed by atoms with Crippen LogP contribution < -0.4 is 5.32 Å². The first kappa shape index (κ1) is 14.4. The summed E-state index contributed by atoms with van der Waals surface area (Å²) < 4.78 is 0. The summed E-state index contributed by atoms with van der Waals surface area (Å²) in [4.78, 5) is 28.8. The molecule has 1 N–H and O–H groups in total. The second kappa shape index (κ2) is 5.80. The maximum atomic E-state index is 11.9. The fourth-order valence-electron chi connectivity index (χ4n) is 2.06. The van der Waals surface area contributed by atoms with Crippen molar-refractivity contribution in [3.05, 3.63) is 11.9 Å². The molecule has 0 aromatic heterocycles. The molecule has 0 bridgehead atoms. The summed E-state index contributed by atoms with van der Waals surface area (Å²) in [7, 11) is 1.78. The standard InChI is InChI=1S/C13H21N3O2/c1-13(2)7-11(17)16(12(18)8-13)6-5-10(15-4)9-14-3/h9,15H,3,5-8H2,1-2,4H3/b10-9-. The van der Waals surface area contributed by atoms with Crippen molar-refractivity contribution in [2.75, 3.05) is 13.6 Å². The zero-order valence-corrected chi connectivity index (χ0v) is 11.3. The van der Waals surface area contributed by atoms with Crippen LogP contribution in [0, 0.1) is 5.41 Å². The van der Waals surface area contributed by atoms with E-state index in [1.165, 1.54) is 4.90 Å². The van der Waals surface area contributed by atoms with Crippen molar-refractivity contribution in [3.63, 3.8) is 0 Å². The van der Waals surface area contributed by atoms with Gasteiger partial charge in [0.2, 0.25) is 11.8 Å². The molecule has 1 rings (SSSR count). The van der Waals surface area contributed by atoms with E-state index in [0.717, 1.165) is 5.70 Å². The summed E-state index contributed by atoms with van der Waals surface area (Å²) in [5, 5.41) is 2.97. The molecular weight excluding hydrogens is 230 g/mol. The molecule has 0 spiro atoms. The highest BCUT2D eigenvalue weighted by Gasteiger charge is 2.36. The highest BCUT2D eigenvalue weighted by molar-refractivity contribution is 5.98. The molecule has 1 aliphatic rings. The molecule has 0 saturated carbocycles. The van der Waals surface area contributed by atoms with Crippen LogP contribution in [0.25, 0.3) is 0 Å². The van der Waals surface area contributed by atoms with Gasteiger partial charge in [0.05, 0.1) is 0 Å². The number of carbonyl (C=O) groups excluding carboxylic acids is 2. The normalized spacial score (nSPS) is 19.9. The second-order valence-electron chi connectivity index (χ2n) is 5.29.